The first kappa shape index (κ1) is 25.4. The summed E-state index contributed by atoms with van der Waals surface area (Å²) in [6, 6.07) is 29.4. The number of aryl methyl sites for hydroxylation is 2. The third-order valence-electron chi connectivity index (χ3n) is 7.39. The lowest BCUT2D eigenvalue weighted by Crippen LogP contribution is -2.46. The Bertz CT molecular complexity index is 1680. The molecular weight excluding hydrogens is 498 g/mol. The molecule has 5 aromatic rings. The number of nitrogens with zero attached hydrogens (tertiary/aromatic N) is 4. The molecule has 0 spiro atoms. The third kappa shape index (κ3) is 5.06. The van der Waals surface area contributed by atoms with Gasteiger partial charge in [0.15, 0.2) is 0 Å². The Morgan fingerprint density at radius 2 is 1.50 bits per heavy atom. The zero-order chi connectivity index (χ0) is 27.6. The van der Waals surface area contributed by atoms with E-state index in [2.05, 4.69) is 26.2 Å². The van der Waals surface area contributed by atoms with Gasteiger partial charge in [-0.3, -0.25) is 9.59 Å². The normalized spacial score (nSPS) is 13.4. The quantitative estimate of drug-likeness (QED) is 0.224. The highest BCUT2D eigenvalue weighted by Gasteiger charge is 2.25. The summed E-state index contributed by atoms with van der Waals surface area (Å²) < 4.78 is 1.81. The second-order valence-electron chi connectivity index (χ2n) is 10.2. The van der Waals surface area contributed by atoms with Crippen molar-refractivity contribution in [3.05, 3.63) is 114 Å². The van der Waals surface area contributed by atoms with Gasteiger partial charge in [0, 0.05) is 60.5 Å². The first-order valence-corrected chi connectivity index (χ1v) is 13.5. The maximum Gasteiger partial charge on any atom is 0.298 e. The molecule has 1 aliphatic rings. The first-order valence-electron chi connectivity index (χ1n) is 13.5. The first-order chi connectivity index (χ1) is 19.5. The van der Waals surface area contributed by atoms with Gasteiger partial charge in [0.25, 0.3) is 11.7 Å². The highest BCUT2D eigenvalue weighted by molar-refractivity contribution is 6.47. The summed E-state index contributed by atoms with van der Waals surface area (Å²) in [4.78, 5) is 36.0. The van der Waals surface area contributed by atoms with Gasteiger partial charge < -0.3 is 19.5 Å². The van der Waals surface area contributed by atoms with Gasteiger partial charge in [0.2, 0.25) is 0 Å². The predicted molar refractivity (Wildman–Crippen MR) is 160 cm³/mol. The van der Waals surface area contributed by atoms with Crippen molar-refractivity contribution in [3.63, 3.8) is 0 Å². The zero-order valence-corrected chi connectivity index (χ0v) is 22.7. The van der Waals surface area contributed by atoms with Crippen molar-refractivity contribution in [3.8, 4) is 11.1 Å². The molecule has 0 unspecified atom stereocenters. The van der Waals surface area contributed by atoms with E-state index in [1.807, 2.05) is 109 Å². The molecule has 1 saturated heterocycles. The second kappa shape index (κ2) is 10.7. The van der Waals surface area contributed by atoms with E-state index in [1.54, 1.807) is 0 Å². The van der Waals surface area contributed by atoms with Crippen LogP contribution in [0.2, 0.25) is 0 Å². The van der Waals surface area contributed by atoms with Crippen molar-refractivity contribution in [2.45, 2.75) is 13.8 Å². The summed E-state index contributed by atoms with van der Waals surface area (Å²) in [6.07, 6.45) is 1.89. The fraction of sp³-hybridized carbons (Fsp3) is 0.182. The number of hydrogen-bond donors (Lipinski definition) is 1. The molecule has 200 valence electrons. The lowest BCUT2D eigenvalue weighted by Gasteiger charge is -2.36. The molecule has 0 bridgehead atoms. The van der Waals surface area contributed by atoms with Crippen molar-refractivity contribution in [1.82, 2.24) is 9.38 Å². The monoisotopic (exact) mass is 529 g/mol. The number of carbonyl (C=O) groups excluding carboxylic acids is 2. The number of Topliss-reactive ketones (excluding diaryl/α,β-unsaturated/α-hetero) is 1. The Morgan fingerprint density at radius 1 is 0.775 bits per heavy atom. The van der Waals surface area contributed by atoms with Gasteiger partial charge in [-0.15, -0.1) is 0 Å². The molecule has 1 fully saturated rings. The van der Waals surface area contributed by atoms with Crippen LogP contribution in [0.5, 0.6) is 0 Å². The molecular formula is C33H31N5O2. The number of pyridine rings is 2. The Morgan fingerprint density at radius 3 is 2.23 bits per heavy atom. The van der Waals surface area contributed by atoms with Gasteiger partial charge in [0.1, 0.15) is 11.5 Å². The maximum absolute atomic E-state index is 13.6. The van der Waals surface area contributed by atoms with Crippen LogP contribution in [0.4, 0.5) is 17.2 Å². The lowest BCUT2D eigenvalue weighted by molar-refractivity contribution is -0.112. The highest BCUT2D eigenvalue weighted by Crippen LogP contribution is 2.29. The summed E-state index contributed by atoms with van der Waals surface area (Å²) in [5.74, 6) is -0.219. The van der Waals surface area contributed by atoms with Crippen molar-refractivity contribution in [2.75, 3.05) is 41.3 Å². The number of fused-ring (bicyclic) bond motifs is 1. The average molecular weight is 530 g/mol. The Balaban J connectivity index is 1.16. The van der Waals surface area contributed by atoms with Crippen LogP contribution >= 0.6 is 0 Å². The van der Waals surface area contributed by atoms with Crippen molar-refractivity contribution >= 4 is 34.4 Å². The van der Waals surface area contributed by atoms with Crippen LogP contribution in [0, 0.1) is 13.8 Å². The lowest BCUT2D eigenvalue weighted by atomic mass is 10.0. The number of aromatic nitrogens is 2. The van der Waals surface area contributed by atoms with Crippen molar-refractivity contribution in [1.29, 1.82) is 0 Å². The zero-order valence-electron chi connectivity index (χ0n) is 22.7. The van der Waals surface area contributed by atoms with Gasteiger partial charge in [-0.25, -0.2) is 4.98 Å². The molecule has 6 rings (SSSR count). The standard InChI is InChI=1S/C33H31N5O2/c1-23-11-14-28-21-29(25-8-4-3-5-9-25)31(38(28)22-23)32(39)33(40)35-26-12-15-27(16-13-26)36-17-19-37(20-18-36)30-10-6-7-24(2)34-30/h3-16,21-22H,17-20H2,1-2H3,(H,35,40). The molecule has 1 amide bonds. The van der Waals surface area contributed by atoms with E-state index in [9.17, 15) is 9.59 Å². The van der Waals surface area contributed by atoms with Gasteiger partial charge in [-0.1, -0.05) is 42.5 Å². The molecule has 3 aromatic heterocycles. The number of hydrogen-bond acceptors (Lipinski definition) is 5. The summed E-state index contributed by atoms with van der Waals surface area (Å²) in [6.45, 7) is 7.51. The van der Waals surface area contributed by atoms with E-state index in [0.29, 0.717) is 11.4 Å². The van der Waals surface area contributed by atoms with Crippen LogP contribution in [-0.4, -0.2) is 47.3 Å². The van der Waals surface area contributed by atoms with Crippen LogP contribution in [0.25, 0.3) is 16.6 Å². The molecule has 4 heterocycles. The fourth-order valence-electron chi connectivity index (χ4n) is 5.29. The number of benzene rings is 2. The topological polar surface area (TPSA) is 70.0 Å². The summed E-state index contributed by atoms with van der Waals surface area (Å²) in [7, 11) is 0. The minimum Gasteiger partial charge on any atom is -0.368 e. The molecule has 1 N–H and O–H groups in total. The van der Waals surface area contributed by atoms with Crippen LogP contribution < -0.4 is 15.1 Å². The smallest absolute Gasteiger partial charge is 0.298 e. The van der Waals surface area contributed by atoms with Crippen LogP contribution in [0.3, 0.4) is 0 Å². The van der Waals surface area contributed by atoms with Crippen molar-refractivity contribution < 1.29 is 9.59 Å². The number of piperazine rings is 1. The fourth-order valence-corrected chi connectivity index (χ4v) is 5.29. The second-order valence-corrected chi connectivity index (χ2v) is 10.2. The average Bonchev–Trinajstić information content (AvgIpc) is 3.36. The maximum atomic E-state index is 13.6. The largest absolute Gasteiger partial charge is 0.368 e. The van der Waals surface area contributed by atoms with Crippen LogP contribution in [-0.2, 0) is 4.79 Å². The number of ketones is 1. The van der Waals surface area contributed by atoms with Gasteiger partial charge >= 0.3 is 0 Å². The summed E-state index contributed by atoms with van der Waals surface area (Å²) in [5.41, 5.74) is 6.55. The number of nitrogens with one attached hydrogen (secondary N) is 1. The number of anilines is 3. The molecule has 7 nitrogen and oxygen atoms in total. The minimum atomic E-state index is -0.661. The number of carbonyl (C=O) groups is 2. The molecule has 1 aliphatic heterocycles. The molecule has 2 aromatic carbocycles. The van der Waals surface area contributed by atoms with Gasteiger partial charge in [0.05, 0.1) is 0 Å². The number of rotatable bonds is 6. The van der Waals surface area contributed by atoms with E-state index >= 15 is 0 Å². The molecule has 0 aliphatic carbocycles. The Kier molecular flexibility index (Phi) is 6.78. The van der Waals surface area contributed by atoms with Crippen LogP contribution in [0.1, 0.15) is 21.7 Å². The molecule has 0 atom stereocenters. The Hall–Kier alpha value is -4.91. The molecule has 40 heavy (non-hydrogen) atoms. The summed E-state index contributed by atoms with van der Waals surface area (Å²) >= 11 is 0. The Labute approximate surface area is 233 Å². The van der Waals surface area contributed by atoms with Gasteiger partial charge in [-0.2, -0.15) is 0 Å². The summed E-state index contributed by atoms with van der Waals surface area (Å²) in [5, 5.41) is 2.82. The van der Waals surface area contributed by atoms with E-state index in [4.69, 9.17) is 0 Å². The van der Waals surface area contributed by atoms with E-state index in [1.165, 1.54) is 0 Å². The van der Waals surface area contributed by atoms with Crippen molar-refractivity contribution in [2.24, 2.45) is 0 Å². The van der Waals surface area contributed by atoms with E-state index < -0.39 is 11.7 Å². The third-order valence-corrected chi connectivity index (χ3v) is 7.39. The number of amides is 1. The molecule has 7 heteroatoms. The minimum absolute atomic E-state index is 0.361. The van der Waals surface area contributed by atoms with Crippen LogP contribution in [0.15, 0.2) is 97.2 Å². The SMILES string of the molecule is Cc1ccc2cc(-c3ccccc3)c(C(=O)C(=O)Nc3ccc(N4CCN(c5cccc(C)n5)CC4)cc3)n2c1. The van der Waals surface area contributed by atoms with E-state index in [0.717, 1.165) is 65.6 Å². The molecule has 0 radical (unpaired) electrons. The van der Waals surface area contributed by atoms with E-state index in [-0.39, 0.29) is 0 Å². The molecule has 0 saturated carbocycles. The predicted octanol–water partition coefficient (Wildman–Crippen LogP) is 5.77. The highest BCUT2D eigenvalue weighted by atomic mass is 16.2. The van der Waals surface area contributed by atoms with Gasteiger partial charge in [-0.05, 0) is 73.5 Å².